The Kier molecular flexibility index (Phi) is 3.84. The smallest absolute Gasteiger partial charge is 0.0741 e. The fourth-order valence-electron chi connectivity index (χ4n) is 3.01. The molecule has 0 unspecified atom stereocenters. The summed E-state index contributed by atoms with van der Waals surface area (Å²) < 4.78 is 0. The van der Waals surface area contributed by atoms with E-state index in [1.54, 1.807) is 0 Å². The Morgan fingerprint density at radius 3 is 2.85 bits per heavy atom. The number of benzene rings is 1. The molecule has 2 nitrogen and oxygen atoms in total. The molecule has 0 bridgehead atoms. The van der Waals surface area contributed by atoms with Crippen molar-refractivity contribution in [3.63, 3.8) is 0 Å². The van der Waals surface area contributed by atoms with E-state index in [0.717, 1.165) is 41.9 Å². The lowest BCUT2D eigenvalue weighted by molar-refractivity contribution is 0.672. The van der Waals surface area contributed by atoms with Crippen molar-refractivity contribution >= 4 is 28.2 Å². The molecular formula is C17H21ClN2. The molecule has 1 aliphatic rings. The number of aromatic nitrogens is 1. The maximum atomic E-state index is 6.27. The second-order valence-electron chi connectivity index (χ2n) is 5.66. The van der Waals surface area contributed by atoms with Crippen LogP contribution in [0.5, 0.6) is 0 Å². The van der Waals surface area contributed by atoms with E-state index in [1.807, 2.05) is 6.07 Å². The molecule has 20 heavy (non-hydrogen) atoms. The van der Waals surface area contributed by atoms with Gasteiger partial charge in [0.15, 0.2) is 0 Å². The average Bonchev–Trinajstić information content (AvgIpc) is 2.45. The maximum absolute atomic E-state index is 6.27. The van der Waals surface area contributed by atoms with Crippen molar-refractivity contribution in [3.8, 4) is 0 Å². The molecule has 3 heteroatoms. The summed E-state index contributed by atoms with van der Waals surface area (Å²) >= 11 is 6.27. The molecule has 3 rings (SSSR count). The lowest BCUT2D eigenvalue weighted by Gasteiger charge is -2.22. The summed E-state index contributed by atoms with van der Waals surface area (Å²) in [7, 11) is 0. The van der Waals surface area contributed by atoms with Crippen molar-refractivity contribution < 1.29 is 0 Å². The number of nitrogens with one attached hydrogen (secondary N) is 1. The number of pyridine rings is 1. The number of hydrogen-bond donors (Lipinski definition) is 1. The Hall–Kier alpha value is -1.28. The highest BCUT2D eigenvalue weighted by Crippen LogP contribution is 2.35. The Morgan fingerprint density at radius 2 is 2.05 bits per heavy atom. The number of aryl methyl sites for hydroxylation is 2. The van der Waals surface area contributed by atoms with Crippen molar-refractivity contribution in [1.82, 2.24) is 4.98 Å². The van der Waals surface area contributed by atoms with E-state index in [1.165, 1.54) is 35.2 Å². The van der Waals surface area contributed by atoms with Gasteiger partial charge in [0.05, 0.1) is 5.52 Å². The molecule has 0 radical (unpaired) electrons. The first kappa shape index (κ1) is 13.7. The highest BCUT2D eigenvalue weighted by atomic mass is 35.5. The third-order valence-corrected chi connectivity index (χ3v) is 4.50. The van der Waals surface area contributed by atoms with E-state index in [2.05, 4.69) is 25.2 Å². The summed E-state index contributed by atoms with van der Waals surface area (Å²) in [5.74, 6) is 0. The number of rotatable bonds is 3. The first-order valence-corrected chi connectivity index (χ1v) is 7.94. The fraction of sp³-hybridized carbons (Fsp3) is 0.471. The Balaban J connectivity index is 2.24. The zero-order valence-electron chi connectivity index (χ0n) is 12.2. The van der Waals surface area contributed by atoms with Crippen LogP contribution < -0.4 is 5.32 Å². The normalized spacial score (nSPS) is 14.3. The van der Waals surface area contributed by atoms with Gasteiger partial charge in [-0.15, -0.1) is 0 Å². The second kappa shape index (κ2) is 5.61. The Labute approximate surface area is 125 Å². The van der Waals surface area contributed by atoms with E-state index >= 15 is 0 Å². The molecule has 1 heterocycles. The molecule has 1 aliphatic carbocycles. The minimum atomic E-state index is 0.808. The van der Waals surface area contributed by atoms with E-state index in [-0.39, 0.29) is 0 Å². The number of nitrogens with zero attached hydrogens (tertiary/aromatic N) is 1. The molecule has 0 aliphatic heterocycles. The molecule has 0 saturated carbocycles. The SMILES string of the molecule is CCCNc1c2c(nc3cc(Cl)c(C)cc13)CCCC2. The Morgan fingerprint density at radius 1 is 1.25 bits per heavy atom. The number of hydrogen-bond acceptors (Lipinski definition) is 2. The summed E-state index contributed by atoms with van der Waals surface area (Å²) in [6, 6.07) is 4.19. The van der Waals surface area contributed by atoms with Gasteiger partial charge in [0.25, 0.3) is 0 Å². The lowest BCUT2D eigenvalue weighted by Crippen LogP contribution is -2.12. The van der Waals surface area contributed by atoms with Crippen LogP contribution in [0.3, 0.4) is 0 Å². The molecular weight excluding hydrogens is 268 g/mol. The fourth-order valence-corrected chi connectivity index (χ4v) is 3.16. The molecule has 0 spiro atoms. The van der Waals surface area contributed by atoms with Crippen LogP contribution in [0.15, 0.2) is 12.1 Å². The number of fused-ring (bicyclic) bond motifs is 2. The molecule has 1 N–H and O–H groups in total. The first-order valence-electron chi connectivity index (χ1n) is 7.56. The monoisotopic (exact) mass is 288 g/mol. The van der Waals surface area contributed by atoms with Crippen molar-refractivity contribution in [2.45, 2.75) is 46.0 Å². The highest BCUT2D eigenvalue weighted by molar-refractivity contribution is 6.32. The zero-order chi connectivity index (χ0) is 14.1. The average molecular weight is 289 g/mol. The molecule has 0 amide bonds. The molecule has 2 aromatic rings. The first-order chi connectivity index (χ1) is 9.70. The molecule has 0 saturated heterocycles. The summed E-state index contributed by atoms with van der Waals surface area (Å²) in [4.78, 5) is 4.86. The lowest BCUT2D eigenvalue weighted by atomic mass is 9.92. The zero-order valence-corrected chi connectivity index (χ0v) is 13.0. The summed E-state index contributed by atoms with van der Waals surface area (Å²) in [5, 5.41) is 5.66. The van der Waals surface area contributed by atoms with Gasteiger partial charge in [0.1, 0.15) is 0 Å². The van der Waals surface area contributed by atoms with Gasteiger partial charge in [-0.2, -0.15) is 0 Å². The number of anilines is 1. The van der Waals surface area contributed by atoms with Gasteiger partial charge in [0.2, 0.25) is 0 Å². The maximum Gasteiger partial charge on any atom is 0.0741 e. The largest absolute Gasteiger partial charge is 0.384 e. The summed E-state index contributed by atoms with van der Waals surface area (Å²) in [6.07, 6.45) is 5.89. The van der Waals surface area contributed by atoms with Gasteiger partial charge < -0.3 is 5.32 Å². The van der Waals surface area contributed by atoms with Crippen LogP contribution in [-0.2, 0) is 12.8 Å². The van der Waals surface area contributed by atoms with Gasteiger partial charge in [-0.05, 0) is 62.3 Å². The summed E-state index contributed by atoms with van der Waals surface area (Å²) in [6.45, 7) is 5.27. The van der Waals surface area contributed by atoms with Crippen molar-refractivity contribution in [2.24, 2.45) is 0 Å². The van der Waals surface area contributed by atoms with Gasteiger partial charge in [-0.3, -0.25) is 4.98 Å². The topological polar surface area (TPSA) is 24.9 Å². The van der Waals surface area contributed by atoms with Crippen LogP contribution in [0.4, 0.5) is 5.69 Å². The highest BCUT2D eigenvalue weighted by Gasteiger charge is 2.18. The van der Waals surface area contributed by atoms with E-state index in [4.69, 9.17) is 16.6 Å². The van der Waals surface area contributed by atoms with Crippen LogP contribution >= 0.6 is 11.6 Å². The molecule has 1 aromatic heterocycles. The van der Waals surface area contributed by atoms with Crippen LogP contribution in [-0.4, -0.2) is 11.5 Å². The molecule has 106 valence electrons. The predicted octanol–water partition coefficient (Wildman–Crippen LogP) is 4.90. The van der Waals surface area contributed by atoms with Crippen molar-refractivity contribution in [3.05, 3.63) is 34.0 Å². The standard InChI is InChI=1S/C17H21ClN2/c1-3-8-19-17-12-6-4-5-7-15(12)20-16-10-14(18)11(2)9-13(16)17/h9-10H,3-8H2,1-2H3,(H,19,20). The van der Waals surface area contributed by atoms with Crippen LogP contribution in [0, 0.1) is 6.92 Å². The van der Waals surface area contributed by atoms with Crippen molar-refractivity contribution in [1.29, 1.82) is 0 Å². The van der Waals surface area contributed by atoms with Gasteiger partial charge in [-0.25, -0.2) is 0 Å². The van der Waals surface area contributed by atoms with Gasteiger partial charge in [0, 0.05) is 28.3 Å². The minimum absolute atomic E-state index is 0.808. The van der Waals surface area contributed by atoms with Crippen LogP contribution in [0.25, 0.3) is 10.9 Å². The molecule has 1 aromatic carbocycles. The molecule has 0 atom stereocenters. The molecule has 0 fully saturated rings. The predicted molar refractivity (Wildman–Crippen MR) is 86.9 cm³/mol. The third-order valence-electron chi connectivity index (χ3n) is 4.09. The second-order valence-corrected chi connectivity index (χ2v) is 6.07. The van der Waals surface area contributed by atoms with E-state index in [9.17, 15) is 0 Å². The van der Waals surface area contributed by atoms with Gasteiger partial charge >= 0.3 is 0 Å². The van der Waals surface area contributed by atoms with Crippen LogP contribution in [0.2, 0.25) is 5.02 Å². The van der Waals surface area contributed by atoms with Gasteiger partial charge in [-0.1, -0.05) is 18.5 Å². The number of halogens is 1. The Bertz CT molecular complexity index is 649. The van der Waals surface area contributed by atoms with Crippen LogP contribution in [0.1, 0.15) is 43.0 Å². The minimum Gasteiger partial charge on any atom is -0.384 e. The van der Waals surface area contributed by atoms with E-state index < -0.39 is 0 Å². The van der Waals surface area contributed by atoms with Crippen molar-refractivity contribution in [2.75, 3.05) is 11.9 Å². The van der Waals surface area contributed by atoms with E-state index in [0.29, 0.717) is 0 Å². The summed E-state index contributed by atoms with van der Waals surface area (Å²) in [5.41, 5.74) is 6.14. The quantitative estimate of drug-likeness (QED) is 0.869. The third kappa shape index (κ3) is 2.37.